The van der Waals surface area contributed by atoms with Gasteiger partial charge in [-0.05, 0) is 50.2 Å². The van der Waals surface area contributed by atoms with Gasteiger partial charge in [0.15, 0.2) is 0 Å². The van der Waals surface area contributed by atoms with Crippen molar-refractivity contribution in [3.05, 3.63) is 52.8 Å². The summed E-state index contributed by atoms with van der Waals surface area (Å²) in [5, 5.41) is 13.7. The van der Waals surface area contributed by atoms with Crippen LogP contribution in [-0.2, 0) is 6.54 Å². The van der Waals surface area contributed by atoms with Crippen molar-refractivity contribution in [1.82, 2.24) is 14.9 Å². The van der Waals surface area contributed by atoms with E-state index in [1.807, 2.05) is 0 Å². The Hall–Kier alpha value is -2.25. The molecule has 0 aliphatic carbocycles. The second kappa shape index (κ2) is 6.47. The van der Waals surface area contributed by atoms with Crippen molar-refractivity contribution in [1.29, 1.82) is 0 Å². The number of halogens is 1. The first-order valence-corrected chi connectivity index (χ1v) is 7.47. The van der Waals surface area contributed by atoms with Gasteiger partial charge >= 0.3 is 0 Å². The maximum absolute atomic E-state index is 12.8. The van der Waals surface area contributed by atoms with Crippen molar-refractivity contribution in [2.75, 3.05) is 13.1 Å². The number of nitrogens with zero attached hydrogens (tertiary/aromatic N) is 2. The summed E-state index contributed by atoms with van der Waals surface area (Å²) in [5.74, 6) is 0.166. The van der Waals surface area contributed by atoms with Gasteiger partial charge in [0.05, 0.1) is 18.2 Å². The highest BCUT2D eigenvalue weighted by molar-refractivity contribution is 5.26. The molecule has 1 aliphatic heterocycles. The third kappa shape index (κ3) is 3.94. The van der Waals surface area contributed by atoms with Crippen molar-refractivity contribution in [3.8, 4) is 11.6 Å². The van der Waals surface area contributed by atoms with E-state index in [2.05, 4.69) is 10.3 Å². The van der Waals surface area contributed by atoms with E-state index in [-0.39, 0.29) is 23.8 Å². The smallest absolute Gasteiger partial charge is 0.257 e. The maximum atomic E-state index is 12.8. The monoisotopic (exact) mass is 319 g/mol. The number of benzene rings is 1. The van der Waals surface area contributed by atoms with Crippen molar-refractivity contribution in [2.24, 2.45) is 0 Å². The van der Waals surface area contributed by atoms with E-state index in [0.717, 1.165) is 13.1 Å². The molecule has 0 amide bonds. The van der Waals surface area contributed by atoms with Crippen LogP contribution in [0.25, 0.3) is 0 Å². The molecule has 2 heterocycles. The summed E-state index contributed by atoms with van der Waals surface area (Å²) in [5.41, 5.74) is -1.19. The van der Waals surface area contributed by atoms with Gasteiger partial charge in [0.25, 0.3) is 5.56 Å². The molecule has 2 aromatic rings. The Bertz CT molecular complexity index is 724. The highest BCUT2D eigenvalue weighted by Crippen LogP contribution is 2.21. The maximum Gasteiger partial charge on any atom is 0.257 e. The molecule has 23 heavy (non-hydrogen) atoms. The fourth-order valence-corrected chi connectivity index (χ4v) is 2.57. The molecule has 1 aromatic heterocycles. The van der Waals surface area contributed by atoms with E-state index in [1.165, 1.54) is 41.2 Å². The lowest BCUT2D eigenvalue weighted by atomic mass is 9.92. The predicted octanol–water partition coefficient (Wildman–Crippen LogP) is 1.29. The van der Waals surface area contributed by atoms with Crippen LogP contribution in [0.2, 0.25) is 0 Å². The molecule has 0 atom stereocenters. The van der Waals surface area contributed by atoms with Crippen LogP contribution < -0.4 is 15.6 Å². The molecule has 0 saturated carbocycles. The van der Waals surface area contributed by atoms with E-state index in [9.17, 15) is 14.3 Å². The molecule has 3 rings (SSSR count). The molecule has 0 spiro atoms. The number of rotatable bonds is 4. The largest absolute Gasteiger partial charge is 0.439 e. The Morgan fingerprint density at radius 3 is 2.65 bits per heavy atom. The van der Waals surface area contributed by atoms with E-state index in [4.69, 9.17) is 4.74 Å². The van der Waals surface area contributed by atoms with Crippen LogP contribution in [0.4, 0.5) is 4.39 Å². The van der Waals surface area contributed by atoms with Crippen LogP contribution in [0.3, 0.4) is 0 Å². The first-order chi connectivity index (χ1) is 11.0. The summed E-state index contributed by atoms with van der Waals surface area (Å²) < 4.78 is 19.6. The fraction of sp³-hybridized carbons (Fsp3) is 0.375. The number of ether oxygens (including phenoxy) is 1. The minimum Gasteiger partial charge on any atom is -0.439 e. The molecule has 7 heteroatoms. The third-order valence-corrected chi connectivity index (χ3v) is 3.89. The van der Waals surface area contributed by atoms with Gasteiger partial charge in [0.1, 0.15) is 17.9 Å². The highest BCUT2D eigenvalue weighted by atomic mass is 19.1. The van der Waals surface area contributed by atoms with Crippen molar-refractivity contribution in [3.63, 3.8) is 0 Å². The van der Waals surface area contributed by atoms with Crippen LogP contribution in [0, 0.1) is 5.82 Å². The second-order valence-corrected chi connectivity index (χ2v) is 5.72. The zero-order valence-electron chi connectivity index (χ0n) is 12.5. The van der Waals surface area contributed by atoms with Gasteiger partial charge < -0.3 is 15.2 Å². The van der Waals surface area contributed by atoms with Crippen molar-refractivity contribution in [2.45, 2.75) is 25.0 Å². The first kappa shape index (κ1) is 15.6. The summed E-state index contributed by atoms with van der Waals surface area (Å²) in [6.07, 6.45) is 2.54. The van der Waals surface area contributed by atoms with E-state index < -0.39 is 5.60 Å². The van der Waals surface area contributed by atoms with Gasteiger partial charge in [-0.3, -0.25) is 9.36 Å². The lowest BCUT2D eigenvalue weighted by Crippen LogP contribution is -2.46. The van der Waals surface area contributed by atoms with Gasteiger partial charge in [0.2, 0.25) is 5.88 Å². The molecule has 0 unspecified atom stereocenters. The Morgan fingerprint density at radius 1 is 1.30 bits per heavy atom. The van der Waals surface area contributed by atoms with Crippen LogP contribution in [-0.4, -0.2) is 33.3 Å². The molecule has 1 aromatic carbocycles. The molecule has 2 N–H and O–H groups in total. The summed E-state index contributed by atoms with van der Waals surface area (Å²) in [4.78, 5) is 16.2. The Labute approximate surface area is 132 Å². The number of nitrogens with one attached hydrogen (secondary N) is 1. The molecule has 1 fully saturated rings. The summed E-state index contributed by atoms with van der Waals surface area (Å²) in [7, 11) is 0. The molecule has 1 aliphatic rings. The molecular formula is C16H18FN3O3. The Balaban J connectivity index is 1.72. The third-order valence-electron chi connectivity index (χ3n) is 3.89. The van der Waals surface area contributed by atoms with Crippen LogP contribution in [0.5, 0.6) is 11.6 Å². The number of hydrogen-bond donors (Lipinski definition) is 2. The lowest BCUT2D eigenvalue weighted by Gasteiger charge is -2.32. The number of piperidine rings is 1. The van der Waals surface area contributed by atoms with Crippen LogP contribution in [0.15, 0.2) is 41.5 Å². The Morgan fingerprint density at radius 2 is 2.00 bits per heavy atom. The minimum absolute atomic E-state index is 0.134. The summed E-state index contributed by atoms with van der Waals surface area (Å²) in [6.45, 7) is 1.66. The van der Waals surface area contributed by atoms with Gasteiger partial charge in [-0.1, -0.05) is 0 Å². The van der Waals surface area contributed by atoms with E-state index in [0.29, 0.717) is 18.6 Å². The van der Waals surface area contributed by atoms with Crippen LogP contribution >= 0.6 is 0 Å². The fourth-order valence-electron chi connectivity index (χ4n) is 2.57. The van der Waals surface area contributed by atoms with Crippen LogP contribution in [0.1, 0.15) is 12.8 Å². The molecule has 0 radical (unpaired) electrons. The van der Waals surface area contributed by atoms with E-state index in [1.54, 1.807) is 0 Å². The molecule has 6 nitrogen and oxygen atoms in total. The number of aliphatic hydroxyl groups is 1. The van der Waals surface area contributed by atoms with Gasteiger partial charge in [-0.15, -0.1) is 0 Å². The SMILES string of the molecule is O=c1cc(Oc2ccc(F)cc2)ncn1CC1(O)CCNCC1. The zero-order valence-corrected chi connectivity index (χ0v) is 12.5. The van der Waals surface area contributed by atoms with E-state index >= 15 is 0 Å². The zero-order chi connectivity index (χ0) is 16.3. The topological polar surface area (TPSA) is 76.4 Å². The van der Waals surface area contributed by atoms with Gasteiger partial charge in [-0.2, -0.15) is 0 Å². The molecule has 122 valence electrons. The number of aromatic nitrogens is 2. The highest BCUT2D eigenvalue weighted by Gasteiger charge is 2.29. The number of hydrogen-bond acceptors (Lipinski definition) is 5. The quantitative estimate of drug-likeness (QED) is 0.888. The predicted molar refractivity (Wildman–Crippen MR) is 82.0 cm³/mol. The summed E-state index contributed by atoms with van der Waals surface area (Å²) >= 11 is 0. The van der Waals surface area contributed by atoms with Crippen molar-refractivity contribution >= 4 is 0 Å². The standard InChI is InChI=1S/C16H18FN3O3/c17-12-1-3-13(4-2-12)23-14-9-15(21)20(11-19-14)10-16(22)5-7-18-8-6-16/h1-4,9,11,18,22H,5-8,10H2. The van der Waals surface area contributed by atoms with Gasteiger partial charge in [-0.25, -0.2) is 9.37 Å². The minimum atomic E-state index is -0.893. The average Bonchev–Trinajstić information content (AvgIpc) is 2.53. The Kier molecular flexibility index (Phi) is 4.40. The molecule has 1 saturated heterocycles. The first-order valence-electron chi connectivity index (χ1n) is 7.47. The average molecular weight is 319 g/mol. The second-order valence-electron chi connectivity index (χ2n) is 5.72. The molecular weight excluding hydrogens is 301 g/mol. The summed E-state index contributed by atoms with van der Waals surface area (Å²) in [6, 6.07) is 6.71. The van der Waals surface area contributed by atoms with Crippen molar-refractivity contribution < 1.29 is 14.2 Å². The van der Waals surface area contributed by atoms with Gasteiger partial charge in [0, 0.05) is 0 Å². The lowest BCUT2D eigenvalue weighted by molar-refractivity contribution is -0.00647. The normalized spacial score (nSPS) is 17.0. The molecule has 0 bridgehead atoms.